The lowest BCUT2D eigenvalue weighted by molar-refractivity contribution is 0.118. The standard InChI is InChI=1S/C16H19N3O2S/c20-13-8-6-12(7-9-13)18-15(21)19-16-17-10-14(22-16)11-4-2-1-3-5-11/h1-5,10,12-13,20H,6-9H2,(H2,17,18,19,21). The van der Waals surface area contributed by atoms with Gasteiger partial charge in [-0.25, -0.2) is 9.78 Å². The van der Waals surface area contributed by atoms with Gasteiger partial charge in [-0.3, -0.25) is 5.32 Å². The van der Waals surface area contributed by atoms with Gasteiger partial charge in [-0.05, 0) is 31.2 Å². The summed E-state index contributed by atoms with van der Waals surface area (Å²) in [6.45, 7) is 0. The smallest absolute Gasteiger partial charge is 0.321 e. The van der Waals surface area contributed by atoms with Crippen molar-refractivity contribution in [2.45, 2.75) is 37.8 Å². The Balaban J connectivity index is 1.55. The lowest BCUT2D eigenvalue weighted by Crippen LogP contribution is -2.40. The van der Waals surface area contributed by atoms with E-state index in [9.17, 15) is 9.90 Å². The molecule has 0 spiro atoms. The number of anilines is 1. The Morgan fingerprint density at radius 3 is 2.64 bits per heavy atom. The van der Waals surface area contributed by atoms with E-state index in [0.717, 1.165) is 36.1 Å². The molecule has 1 saturated carbocycles. The van der Waals surface area contributed by atoms with Crippen LogP contribution < -0.4 is 10.6 Å². The van der Waals surface area contributed by atoms with Crippen molar-refractivity contribution < 1.29 is 9.90 Å². The molecule has 1 aliphatic rings. The van der Waals surface area contributed by atoms with Crippen molar-refractivity contribution in [1.29, 1.82) is 0 Å². The predicted octanol–water partition coefficient (Wildman–Crippen LogP) is 3.24. The Hall–Kier alpha value is -1.92. The van der Waals surface area contributed by atoms with E-state index < -0.39 is 0 Å². The number of aromatic nitrogens is 1. The Kier molecular flexibility index (Phi) is 4.70. The molecule has 2 amide bonds. The van der Waals surface area contributed by atoms with Crippen LogP contribution >= 0.6 is 11.3 Å². The predicted molar refractivity (Wildman–Crippen MR) is 88.0 cm³/mol. The van der Waals surface area contributed by atoms with Crippen LogP contribution in [0.25, 0.3) is 10.4 Å². The summed E-state index contributed by atoms with van der Waals surface area (Å²) in [7, 11) is 0. The summed E-state index contributed by atoms with van der Waals surface area (Å²) in [5.41, 5.74) is 1.09. The van der Waals surface area contributed by atoms with Gasteiger partial charge in [-0.2, -0.15) is 0 Å². The molecule has 0 aliphatic heterocycles. The zero-order valence-electron chi connectivity index (χ0n) is 12.2. The second kappa shape index (κ2) is 6.89. The number of nitrogens with zero attached hydrogens (tertiary/aromatic N) is 1. The van der Waals surface area contributed by atoms with Gasteiger partial charge in [0.2, 0.25) is 0 Å². The molecular weight excluding hydrogens is 298 g/mol. The number of urea groups is 1. The summed E-state index contributed by atoms with van der Waals surface area (Å²) in [6, 6.07) is 9.87. The van der Waals surface area contributed by atoms with Gasteiger partial charge in [0.25, 0.3) is 0 Å². The van der Waals surface area contributed by atoms with Gasteiger partial charge in [-0.1, -0.05) is 41.7 Å². The van der Waals surface area contributed by atoms with E-state index in [1.54, 1.807) is 6.20 Å². The van der Waals surface area contributed by atoms with Crippen LogP contribution in [0.3, 0.4) is 0 Å². The minimum Gasteiger partial charge on any atom is -0.393 e. The lowest BCUT2D eigenvalue weighted by atomic mass is 9.93. The molecule has 2 aromatic rings. The summed E-state index contributed by atoms with van der Waals surface area (Å²) in [6.07, 6.45) is 4.70. The first-order valence-corrected chi connectivity index (χ1v) is 8.29. The summed E-state index contributed by atoms with van der Waals surface area (Å²) in [5, 5.41) is 15.8. The molecule has 0 atom stereocenters. The molecule has 3 rings (SSSR count). The monoisotopic (exact) mass is 317 g/mol. The highest BCUT2D eigenvalue weighted by molar-refractivity contribution is 7.19. The second-order valence-corrected chi connectivity index (χ2v) is 6.53. The third-order valence-electron chi connectivity index (χ3n) is 3.82. The highest BCUT2D eigenvalue weighted by atomic mass is 32.1. The Morgan fingerprint density at radius 2 is 1.91 bits per heavy atom. The number of amides is 2. The van der Waals surface area contributed by atoms with Gasteiger partial charge >= 0.3 is 6.03 Å². The molecule has 0 unspecified atom stereocenters. The summed E-state index contributed by atoms with van der Waals surface area (Å²) in [4.78, 5) is 17.3. The molecule has 5 nitrogen and oxygen atoms in total. The van der Waals surface area contributed by atoms with Crippen molar-refractivity contribution in [3.8, 4) is 10.4 Å². The average Bonchev–Trinajstić information content (AvgIpc) is 2.99. The van der Waals surface area contributed by atoms with Crippen LogP contribution in [0.4, 0.5) is 9.93 Å². The number of hydrogen-bond donors (Lipinski definition) is 3. The van der Waals surface area contributed by atoms with Crippen molar-refractivity contribution in [2.75, 3.05) is 5.32 Å². The molecule has 116 valence electrons. The first kappa shape index (κ1) is 15.0. The Bertz CT molecular complexity index is 621. The minimum absolute atomic E-state index is 0.136. The van der Waals surface area contributed by atoms with Crippen LogP contribution in [0.1, 0.15) is 25.7 Å². The third-order valence-corrected chi connectivity index (χ3v) is 4.78. The minimum atomic E-state index is -0.227. The van der Waals surface area contributed by atoms with Crippen LogP contribution in [0.5, 0.6) is 0 Å². The van der Waals surface area contributed by atoms with Gasteiger partial charge in [0.05, 0.1) is 11.0 Å². The van der Waals surface area contributed by atoms with Gasteiger partial charge in [0.1, 0.15) is 0 Å². The Labute approximate surface area is 133 Å². The van der Waals surface area contributed by atoms with Crippen molar-refractivity contribution >= 4 is 22.5 Å². The third kappa shape index (κ3) is 3.84. The van der Waals surface area contributed by atoms with Crippen molar-refractivity contribution in [3.63, 3.8) is 0 Å². The van der Waals surface area contributed by atoms with E-state index in [1.165, 1.54) is 11.3 Å². The molecule has 6 heteroatoms. The number of rotatable bonds is 3. The molecule has 1 aromatic carbocycles. The van der Waals surface area contributed by atoms with E-state index in [4.69, 9.17) is 0 Å². The zero-order chi connectivity index (χ0) is 15.4. The fourth-order valence-electron chi connectivity index (χ4n) is 2.61. The van der Waals surface area contributed by atoms with E-state index in [-0.39, 0.29) is 18.2 Å². The Morgan fingerprint density at radius 1 is 1.18 bits per heavy atom. The highest BCUT2D eigenvalue weighted by Gasteiger charge is 2.21. The molecule has 1 aliphatic carbocycles. The summed E-state index contributed by atoms with van der Waals surface area (Å²) >= 11 is 1.45. The van der Waals surface area contributed by atoms with Gasteiger partial charge in [0.15, 0.2) is 5.13 Å². The lowest BCUT2D eigenvalue weighted by Gasteiger charge is -2.25. The molecule has 3 N–H and O–H groups in total. The number of aliphatic hydroxyl groups excluding tert-OH is 1. The number of hydrogen-bond acceptors (Lipinski definition) is 4. The fourth-order valence-corrected chi connectivity index (χ4v) is 3.42. The maximum absolute atomic E-state index is 12.0. The topological polar surface area (TPSA) is 74.2 Å². The maximum atomic E-state index is 12.0. The zero-order valence-corrected chi connectivity index (χ0v) is 13.0. The van der Waals surface area contributed by atoms with Crippen LogP contribution in [0.2, 0.25) is 0 Å². The normalized spacial score (nSPS) is 21.3. The first-order valence-electron chi connectivity index (χ1n) is 7.47. The van der Waals surface area contributed by atoms with Crippen molar-refractivity contribution in [3.05, 3.63) is 36.5 Å². The number of aliphatic hydroxyl groups is 1. The maximum Gasteiger partial charge on any atom is 0.321 e. The van der Waals surface area contributed by atoms with Crippen molar-refractivity contribution in [1.82, 2.24) is 10.3 Å². The SMILES string of the molecule is O=C(Nc1ncc(-c2ccccc2)s1)NC1CCC(O)CC1. The molecule has 1 fully saturated rings. The van der Waals surface area contributed by atoms with Crippen LogP contribution in [0.15, 0.2) is 36.5 Å². The number of carbonyl (C=O) groups is 1. The second-order valence-electron chi connectivity index (χ2n) is 5.50. The molecule has 1 heterocycles. The quantitative estimate of drug-likeness (QED) is 0.813. The summed E-state index contributed by atoms with van der Waals surface area (Å²) in [5.74, 6) is 0. The van der Waals surface area contributed by atoms with Crippen molar-refractivity contribution in [2.24, 2.45) is 0 Å². The molecule has 0 bridgehead atoms. The molecule has 0 radical (unpaired) electrons. The van der Waals surface area contributed by atoms with E-state index >= 15 is 0 Å². The molecule has 0 saturated heterocycles. The van der Waals surface area contributed by atoms with Gasteiger partial charge in [-0.15, -0.1) is 0 Å². The summed E-state index contributed by atoms with van der Waals surface area (Å²) < 4.78 is 0. The van der Waals surface area contributed by atoms with Gasteiger partial charge < -0.3 is 10.4 Å². The number of benzene rings is 1. The number of carbonyl (C=O) groups excluding carboxylic acids is 1. The highest BCUT2D eigenvalue weighted by Crippen LogP contribution is 2.28. The molecular formula is C16H19N3O2S. The number of nitrogens with one attached hydrogen (secondary N) is 2. The van der Waals surface area contributed by atoms with E-state index in [1.807, 2.05) is 30.3 Å². The van der Waals surface area contributed by atoms with Crippen LogP contribution in [0, 0.1) is 0 Å². The largest absolute Gasteiger partial charge is 0.393 e. The van der Waals surface area contributed by atoms with E-state index in [2.05, 4.69) is 15.6 Å². The van der Waals surface area contributed by atoms with Crippen LogP contribution in [-0.4, -0.2) is 28.3 Å². The number of thiazole rings is 1. The van der Waals surface area contributed by atoms with Crippen LogP contribution in [-0.2, 0) is 0 Å². The molecule has 22 heavy (non-hydrogen) atoms. The average molecular weight is 317 g/mol. The molecule has 1 aromatic heterocycles. The first-order chi connectivity index (χ1) is 10.7. The van der Waals surface area contributed by atoms with E-state index in [0.29, 0.717) is 5.13 Å². The van der Waals surface area contributed by atoms with Gasteiger partial charge in [0, 0.05) is 12.2 Å². The fraction of sp³-hybridized carbons (Fsp3) is 0.375.